The summed E-state index contributed by atoms with van der Waals surface area (Å²) in [6.07, 6.45) is 0. The van der Waals surface area contributed by atoms with Gasteiger partial charge in [0.15, 0.2) is 11.1 Å². The van der Waals surface area contributed by atoms with E-state index in [2.05, 4.69) is 4.90 Å². The van der Waals surface area contributed by atoms with Gasteiger partial charge in [-0.1, -0.05) is 72.8 Å². The topological polar surface area (TPSA) is 78.8 Å². The molecular weight excluding hydrogens is 586 g/mol. The molecule has 1 aliphatic rings. The summed E-state index contributed by atoms with van der Waals surface area (Å²) in [6.45, 7) is 4.20. The minimum atomic E-state index is -0.271. The van der Waals surface area contributed by atoms with Crippen molar-refractivity contribution in [1.82, 2.24) is 14.5 Å². The number of anilines is 3. The third-order valence-electron chi connectivity index (χ3n) is 8.52. The third-order valence-corrected chi connectivity index (χ3v) is 8.52. The molecule has 47 heavy (non-hydrogen) atoms. The number of piperazine rings is 1. The Morgan fingerprint density at radius 2 is 1.23 bits per heavy atom. The van der Waals surface area contributed by atoms with Gasteiger partial charge in [0, 0.05) is 49.1 Å². The van der Waals surface area contributed by atoms with E-state index in [0.29, 0.717) is 65.7 Å². The Morgan fingerprint density at radius 1 is 0.681 bits per heavy atom. The Morgan fingerprint density at radius 3 is 1.85 bits per heavy atom. The average molecular weight is 620 g/mol. The van der Waals surface area contributed by atoms with Crippen molar-refractivity contribution < 1.29 is 9.59 Å². The number of nitrogens with zero attached hydrogens (tertiary/aromatic N) is 5. The molecule has 1 aliphatic heterocycles. The summed E-state index contributed by atoms with van der Waals surface area (Å²) in [5.41, 5.74) is 3.57. The lowest BCUT2D eigenvalue weighted by molar-refractivity contribution is 0.0746. The second-order valence-corrected chi connectivity index (χ2v) is 11.5. The van der Waals surface area contributed by atoms with E-state index in [1.54, 1.807) is 17.0 Å². The van der Waals surface area contributed by atoms with Crippen LogP contribution < -0.4 is 15.2 Å². The molecule has 2 amide bonds. The molecule has 0 aliphatic carbocycles. The molecule has 2 aromatic heterocycles. The number of hydrogen-bond donors (Lipinski definition) is 0. The van der Waals surface area contributed by atoms with Gasteiger partial charge in [0.25, 0.3) is 11.8 Å². The van der Waals surface area contributed by atoms with Gasteiger partial charge < -0.3 is 9.80 Å². The summed E-state index contributed by atoms with van der Waals surface area (Å²) in [4.78, 5) is 52.1. The summed E-state index contributed by atoms with van der Waals surface area (Å²) in [5, 5.41) is 0.486. The van der Waals surface area contributed by atoms with Crippen LogP contribution in [-0.4, -0.2) is 52.4 Å². The van der Waals surface area contributed by atoms with E-state index in [0.717, 1.165) is 11.3 Å². The number of aromatic nitrogens is 2. The number of pyridine rings is 2. The van der Waals surface area contributed by atoms with E-state index < -0.39 is 0 Å². The minimum Gasteiger partial charge on any atom is -0.353 e. The Bertz CT molecular complexity index is 2110. The van der Waals surface area contributed by atoms with Gasteiger partial charge in [-0.3, -0.25) is 23.9 Å². The number of benzene rings is 4. The Kier molecular flexibility index (Phi) is 8.06. The third kappa shape index (κ3) is 5.77. The summed E-state index contributed by atoms with van der Waals surface area (Å²) in [7, 11) is 0. The lowest BCUT2D eigenvalue weighted by Gasteiger charge is -2.36. The molecule has 0 bridgehead atoms. The highest BCUT2D eigenvalue weighted by molar-refractivity contribution is 6.11. The average Bonchev–Trinajstić information content (AvgIpc) is 3.13. The molecule has 8 nitrogen and oxygen atoms in total. The van der Waals surface area contributed by atoms with Gasteiger partial charge in [0.05, 0.1) is 11.1 Å². The number of carbonyl (C=O) groups is 2. The highest BCUT2D eigenvalue weighted by atomic mass is 16.2. The van der Waals surface area contributed by atoms with E-state index in [4.69, 9.17) is 4.98 Å². The molecule has 232 valence electrons. The molecule has 0 atom stereocenters. The van der Waals surface area contributed by atoms with Crippen molar-refractivity contribution in [2.24, 2.45) is 0 Å². The fourth-order valence-electron chi connectivity index (χ4n) is 6.17. The molecule has 1 fully saturated rings. The molecule has 0 saturated carbocycles. The van der Waals surface area contributed by atoms with Crippen LogP contribution in [0.25, 0.3) is 16.7 Å². The van der Waals surface area contributed by atoms with Gasteiger partial charge >= 0.3 is 0 Å². The van der Waals surface area contributed by atoms with E-state index >= 15 is 0 Å². The maximum absolute atomic E-state index is 14.3. The first kappa shape index (κ1) is 29.7. The van der Waals surface area contributed by atoms with Gasteiger partial charge in [-0.25, -0.2) is 4.98 Å². The van der Waals surface area contributed by atoms with Crippen molar-refractivity contribution in [1.29, 1.82) is 0 Å². The molecule has 3 heterocycles. The highest BCUT2D eigenvalue weighted by Crippen LogP contribution is 2.33. The first-order valence-electron chi connectivity index (χ1n) is 15.7. The number of fused-ring (bicyclic) bond motifs is 1. The first-order chi connectivity index (χ1) is 23.0. The number of carbonyl (C=O) groups excluding carboxylic acids is 2. The van der Waals surface area contributed by atoms with Crippen molar-refractivity contribution in [2.75, 3.05) is 36.0 Å². The maximum Gasteiger partial charge on any atom is 0.263 e. The van der Waals surface area contributed by atoms with Crippen LogP contribution in [0.5, 0.6) is 0 Å². The zero-order chi connectivity index (χ0) is 32.3. The monoisotopic (exact) mass is 619 g/mol. The van der Waals surface area contributed by atoms with Gasteiger partial charge in [-0.15, -0.1) is 0 Å². The largest absolute Gasteiger partial charge is 0.353 e. The van der Waals surface area contributed by atoms with Gasteiger partial charge in [0.2, 0.25) is 0 Å². The Balaban J connectivity index is 1.37. The first-order valence-corrected chi connectivity index (χ1v) is 15.7. The Labute approximate surface area is 272 Å². The molecule has 0 spiro atoms. The van der Waals surface area contributed by atoms with E-state index in [1.165, 1.54) is 6.07 Å². The number of aryl methyl sites for hydroxylation is 1. The highest BCUT2D eigenvalue weighted by Gasteiger charge is 2.28. The molecule has 7 rings (SSSR count). The van der Waals surface area contributed by atoms with Crippen LogP contribution in [0.15, 0.2) is 138 Å². The van der Waals surface area contributed by atoms with Crippen LogP contribution in [0.2, 0.25) is 0 Å². The second-order valence-electron chi connectivity index (χ2n) is 11.5. The zero-order valence-corrected chi connectivity index (χ0v) is 26.0. The number of hydrogen-bond acceptors (Lipinski definition) is 5. The standard InChI is InChI=1S/C39H33N5O3/c1-28-26-34(41-22-24-42(25-23-41)38(46)29-14-6-2-7-15-29)40-37-36(28)33(45)27-35(43(37)31-18-10-4-11-19-31)44(32-20-12-5-13-21-32)39(47)30-16-8-3-9-17-30/h2-21,26-27H,22-25H2,1H3. The van der Waals surface area contributed by atoms with Crippen LogP contribution >= 0.6 is 0 Å². The summed E-state index contributed by atoms with van der Waals surface area (Å²) < 4.78 is 1.90. The number of rotatable bonds is 6. The predicted molar refractivity (Wildman–Crippen MR) is 186 cm³/mol. The van der Waals surface area contributed by atoms with Crippen LogP contribution in [-0.2, 0) is 0 Å². The molecule has 8 heteroatoms. The van der Waals surface area contributed by atoms with Crippen LogP contribution in [0.4, 0.5) is 17.3 Å². The van der Waals surface area contributed by atoms with E-state index in [1.807, 2.05) is 132 Å². The van der Waals surface area contributed by atoms with Crippen molar-refractivity contribution in [3.63, 3.8) is 0 Å². The smallest absolute Gasteiger partial charge is 0.263 e. The van der Waals surface area contributed by atoms with Crippen molar-refractivity contribution in [3.8, 4) is 5.69 Å². The van der Waals surface area contributed by atoms with Crippen LogP contribution in [0.1, 0.15) is 26.3 Å². The van der Waals surface area contributed by atoms with Gasteiger partial charge in [0.1, 0.15) is 11.6 Å². The quantitative estimate of drug-likeness (QED) is 0.209. The van der Waals surface area contributed by atoms with Gasteiger partial charge in [-0.05, 0) is 67.1 Å². The van der Waals surface area contributed by atoms with Crippen LogP contribution in [0, 0.1) is 6.92 Å². The SMILES string of the molecule is Cc1cc(N2CCN(C(=O)c3ccccc3)CC2)nc2c1c(=O)cc(N(C(=O)c1ccccc1)c1ccccc1)n2-c1ccccc1. The van der Waals surface area contributed by atoms with E-state index in [-0.39, 0.29) is 17.2 Å². The molecule has 0 radical (unpaired) electrons. The number of para-hydroxylation sites is 2. The van der Waals surface area contributed by atoms with Crippen LogP contribution in [0.3, 0.4) is 0 Å². The van der Waals surface area contributed by atoms with Gasteiger partial charge in [-0.2, -0.15) is 0 Å². The lowest BCUT2D eigenvalue weighted by atomic mass is 10.1. The minimum absolute atomic E-state index is 0.0135. The summed E-state index contributed by atoms with van der Waals surface area (Å²) >= 11 is 0. The summed E-state index contributed by atoms with van der Waals surface area (Å²) in [5.74, 6) is 0.839. The zero-order valence-electron chi connectivity index (χ0n) is 26.0. The maximum atomic E-state index is 14.3. The summed E-state index contributed by atoms with van der Waals surface area (Å²) in [6, 6.07) is 40.9. The van der Waals surface area contributed by atoms with Crippen molar-refractivity contribution >= 4 is 40.2 Å². The van der Waals surface area contributed by atoms with Crippen molar-refractivity contribution in [3.05, 3.63) is 160 Å². The molecule has 4 aromatic carbocycles. The fraction of sp³-hybridized carbons (Fsp3) is 0.128. The normalized spacial score (nSPS) is 13.0. The lowest BCUT2D eigenvalue weighted by Crippen LogP contribution is -2.49. The van der Waals surface area contributed by atoms with E-state index in [9.17, 15) is 14.4 Å². The Hall–Kier alpha value is -6.02. The second kappa shape index (κ2) is 12.8. The predicted octanol–water partition coefficient (Wildman–Crippen LogP) is 6.64. The van der Waals surface area contributed by atoms with Crippen molar-refractivity contribution in [2.45, 2.75) is 6.92 Å². The molecule has 0 unspecified atom stereocenters. The number of amides is 2. The molecule has 6 aromatic rings. The molecule has 1 saturated heterocycles. The molecule has 0 N–H and O–H groups in total. The molecular formula is C39H33N5O3. The fourth-order valence-corrected chi connectivity index (χ4v) is 6.17.